The van der Waals surface area contributed by atoms with Gasteiger partial charge >= 0.3 is 0 Å². The summed E-state index contributed by atoms with van der Waals surface area (Å²) in [5.41, 5.74) is 13.3. The van der Waals surface area contributed by atoms with Crippen molar-refractivity contribution in [2.24, 2.45) is 0 Å². The van der Waals surface area contributed by atoms with Gasteiger partial charge in [0.15, 0.2) is 17.5 Å². The van der Waals surface area contributed by atoms with Gasteiger partial charge in [-0.2, -0.15) is 0 Å². The molecule has 1 aliphatic rings. The Kier molecular flexibility index (Phi) is 7.36. The van der Waals surface area contributed by atoms with E-state index in [0.29, 0.717) is 17.5 Å². The molecule has 2 heterocycles. The number of nitrogens with zero attached hydrogens (tertiary/aromatic N) is 3. The van der Waals surface area contributed by atoms with Crippen LogP contribution in [0.2, 0.25) is 0 Å². The van der Waals surface area contributed by atoms with Gasteiger partial charge in [0.25, 0.3) is 0 Å². The molecule has 0 unspecified atom stereocenters. The fourth-order valence-electron chi connectivity index (χ4n) is 8.73. The fourth-order valence-corrected chi connectivity index (χ4v) is 8.73. The zero-order chi connectivity index (χ0) is 37.1. The summed E-state index contributed by atoms with van der Waals surface area (Å²) in [6.07, 6.45) is 0. The van der Waals surface area contributed by atoms with Crippen LogP contribution in [0.4, 0.5) is 0 Å². The van der Waals surface area contributed by atoms with Crippen LogP contribution < -0.4 is 0 Å². The van der Waals surface area contributed by atoms with Crippen LogP contribution in [-0.2, 0) is 5.41 Å². The first-order valence-electron chi connectivity index (χ1n) is 18.9. The molecular formula is C52H33N3O. The molecule has 10 aromatic rings. The van der Waals surface area contributed by atoms with Crippen LogP contribution in [0.5, 0.6) is 0 Å². The minimum atomic E-state index is -0.572. The second-order valence-electron chi connectivity index (χ2n) is 14.3. The number of rotatable bonds is 6. The van der Waals surface area contributed by atoms with Gasteiger partial charge in [0.1, 0.15) is 11.2 Å². The van der Waals surface area contributed by atoms with Gasteiger partial charge in [-0.05, 0) is 74.8 Å². The molecule has 4 nitrogen and oxygen atoms in total. The van der Waals surface area contributed by atoms with Crippen molar-refractivity contribution < 1.29 is 4.42 Å². The number of hydrogen-bond acceptors (Lipinski definition) is 4. The van der Waals surface area contributed by atoms with E-state index in [1.54, 1.807) is 0 Å². The van der Waals surface area contributed by atoms with Gasteiger partial charge in [-0.25, -0.2) is 15.0 Å². The molecule has 0 aliphatic heterocycles. The Balaban J connectivity index is 1.27. The summed E-state index contributed by atoms with van der Waals surface area (Å²) in [5.74, 6) is 1.86. The molecule has 2 aromatic heterocycles. The van der Waals surface area contributed by atoms with Crippen LogP contribution in [0, 0.1) is 0 Å². The van der Waals surface area contributed by atoms with Crippen molar-refractivity contribution in [3.05, 3.63) is 222 Å². The Morgan fingerprint density at radius 1 is 0.321 bits per heavy atom. The van der Waals surface area contributed by atoms with Crippen molar-refractivity contribution in [1.29, 1.82) is 0 Å². The predicted molar refractivity (Wildman–Crippen MR) is 226 cm³/mol. The van der Waals surface area contributed by atoms with Gasteiger partial charge in [-0.15, -0.1) is 0 Å². The van der Waals surface area contributed by atoms with E-state index in [1.807, 2.05) is 48.5 Å². The lowest BCUT2D eigenvalue weighted by Gasteiger charge is -2.34. The highest BCUT2D eigenvalue weighted by Gasteiger charge is 2.46. The van der Waals surface area contributed by atoms with Crippen LogP contribution in [0.25, 0.3) is 78.4 Å². The molecule has 0 spiro atoms. The van der Waals surface area contributed by atoms with Gasteiger partial charge in [0.05, 0.1) is 5.41 Å². The van der Waals surface area contributed by atoms with Gasteiger partial charge in [0.2, 0.25) is 0 Å². The quantitative estimate of drug-likeness (QED) is 0.172. The van der Waals surface area contributed by atoms with Crippen LogP contribution in [0.15, 0.2) is 205 Å². The minimum Gasteiger partial charge on any atom is -0.456 e. The first-order valence-corrected chi connectivity index (χ1v) is 18.9. The number of aromatic nitrogens is 3. The van der Waals surface area contributed by atoms with E-state index < -0.39 is 5.41 Å². The first-order chi connectivity index (χ1) is 27.8. The lowest BCUT2D eigenvalue weighted by molar-refractivity contribution is 0.669. The number of benzene rings is 8. The zero-order valence-corrected chi connectivity index (χ0v) is 30.3. The molecule has 0 atom stereocenters. The number of hydrogen-bond donors (Lipinski definition) is 0. The summed E-state index contributed by atoms with van der Waals surface area (Å²) in [7, 11) is 0. The average Bonchev–Trinajstić information content (AvgIpc) is 3.80. The first kappa shape index (κ1) is 32.0. The third-order valence-electron chi connectivity index (χ3n) is 11.2. The van der Waals surface area contributed by atoms with Crippen LogP contribution >= 0.6 is 0 Å². The van der Waals surface area contributed by atoms with Crippen molar-refractivity contribution in [3.63, 3.8) is 0 Å². The largest absolute Gasteiger partial charge is 0.456 e. The highest BCUT2D eigenvalue weighted by Crippen LogP contribution is 2.58. The zero-order valence-electron chi connectivity index (χ0n) is 30.3. The molecule has 0 saturated heterocycles. The highest BCUT2D eigenvalue weighted by atomic mass is 16.3. The minimum absolute atomic E-state index is 0.572. The maximum atomic E-state index is 6.32. The molecule has 0 saturated carbocycles. The fraction of sp³-hybridized carbons (Fsp3) is 0.0192. The van der Waals surface area contributed by atoms with Crippen molar-refractivity contribution in [2.45, 2.75) is 5.41 Å². The maximum Gasteiger partial charge on any atom is 0.164 e. The molecule has 0 amide bonds. The van der Waals surface area contributed by atoms with E-state index in [-0.39, 0.29) is 0 Å². The summed E-state index contributed by atoms with van der Waals surface area (Å²) in [5, 5.41) is 2.15. The van der Waals surface area contributed by atoms with Crippen LogP contribution in [-0.4, -0.2) is 15.0 Å². The molecule has 262 valence electrons. The van der Waals surface area contributed by atoms with Gasteiger partial charge in [0, 0.05) is 27.5 Å². The smallest absolute Gasteiger partial charge is 0.164 e. The van der Waals surface area contributed by atoms with Crippen molar-refractivity contribution in [1.82, 2.24) is 15.0 Å². The predicted octanol–water partition coefficient (Wildman–Crippen LogP) is 12.8. The average molecular weight is 716 g/mol. The molecule has 0 fully saturated rings. The Labute approximate surface area is 324 Å². The Bertz CT molecular complexity index is 2970. The summed E-state index contributed by atoms with van der Waals surface area (Å²) in [6, 6.07) is 70.5. The SMILES string of the molecule is c1ccc(-c2nc(-c3ccccc3)nc(-c3cc4c(cc3-c3ccc5oc6ccccc6c5c3)C(c3ccccc3)(c3ccccc3)c3ccccc3-4)n2)cc1. The maximum absolute atomic E-state index is 6.32. The van der Waals surface area contributed by atoms with Gasteiger partial charge < -0.3 is 4.42 Å². The molecular weight excluding hydrogens is 683 g/mol. The monoisotopic (exact) mass is 715 g/mol. The second kappa shape index (κ2) is 12.9. The Morgan fingerprint density at radius 3 is 1.52 bits per heavy atom. The number of furan rings is 1. The Morgan fingerprint density at radius 2 is 0.857 bits per heavy atom. The number of fused-ring (bicyclic) bond motifs is 6. The molecule has 4 heteroatoms. The lowest BCUT2D eigenvalue weighted by atomic mass is 9.67. The van der Waals surface area contributed by atoms with E-state index in [9.17, 15) is 0 Å². The Hall–Kier alpha value is -7.43. The molecule has 0 N–H and O–H groups in total. The molecule has 8 aromatic carbocycles. The number of para-hydroxylation sites is 1. The van der Waals surface area contributed by atoms with E-state index in [1.165, 1.54) is 27.8 Å². The molecule has 1 aliphatic carbocycles. The van der Waals surface area contributed by atoms with Crippen LogP contribution in [0.3, 0.4) is 0 Å². The summed E-state index contributed by atoms with van der Waals surface area (Å²) in [4.78, 5) is 15.6. The third-order valence-corrected chi connectivity index (χ3v) is 11.2. The van der Waals surface area contributed by atoms with E-state index in [4.69, 9.17) is 19.4 Å². The topological polar surface area (TPSA) is 51.8 Å². The molecule has 56 heavy (non-hydrogen) atoms. The van der Waals surface area contributed by atoms with Gasteiger partial charge in [-0.3, -0.25) is 0 Å². The highest BCUT2D eigenvalue weighted by molar-refractivity contribution is 6.07. The third kappa shape index (κ3) is 4.96. The summed E-state index contributed by atoms with van der Waals surface area (Å²) >= 11 is 0. The second-order valence-corrected chi connectivity index (χ2v) is 14.3. The molecule has 0 bridgehead atoms. The van der Waals surface area contributed by atoms with E-state index in [0.717, 1.165) is 55.3 Å². The van der Waals surface area contributed by atoms with Crippen molar-refractivity contribution in [3.8, 4) is 56.4 Å². The normalized spacial score (nSPS) is 12.8. The van der Waals surface area contributed by atoms with E-state index >= 15 is 0 Å². The summed E-state index contributed by atoms with van der Waals surface area (Å²) in [6.45, 7) is 0. The lowest BCUT2D eigenvalue weighted by Crippen LogP contribution is -2.28. The molecule has 11 rings (SSSR count). The van der Waals surface area contributed by atoms with Crippen molar-refractivity contribution in [2.75, 3.05) is 0 Å². The van der Waals surface area contributed by atoms with Crippen molar-refractivity contribution >= 4 is 21.9 Å². The summed E-state index contributed by atoms with van der Waals surface area (Å²) < 4.78 is 6.32. The van der Waals surface area contributed by atoms with Gasteiger partial charge in [-0.1, -0.05) is 170 Å². The molecule has 0 radical (unpaired) electrons. The standard InChI is InChI=1S/C52H33N3O/c1-5-17-34(18-6-1)49-53-50(35-19-7-2-8-20-35)55-51(54-49)44-32-42-39-25-13-15-27-45(39)52(37-21-9-3-10-22-37,38-23-11-4-12-24-38)46(42)33-41(44)36-29-30-48-43(31-36)40-26-14-16-28-47(40)56-48/h1-33H. The van der Waals surface area contributed by atoms with E-state index in [2.05, 4.69) is 152 Å². The van der Waals surface area contributed by atoms with Crippen LogP contribution in [0.1, 0.15) is 22.3 Å².